The van der Waals surface area contributed by atoms with Crippen LogP contribution in [0.2, 0.25) is 0 Å². The van der Waals surface area contributed by atoms with Gasteiger partial charge >= 0.3 is 0 Å². The number of aliphatic hydroxyl groups excluding tert-OH is 1. The van der Waals surface area contributed by atoms with Crippen molar-refractivity contribution in [3.05, 3.63) is 59.9 Å². The topological polar surface area (TPSA) is 75.1 Å². The molecule has 7 heteroatoms. The Bertz CT molecular complexity index is 755. The minimum Gasteiger partial charge on any atom is -0.493 e. The second-order valence-electron chi connectivity index (χ2n) is 6.10. The number of benzene rings is 2. The summed E-state index contributed by atoms with van der Waals surface area (Å²) in [6, 6.07) is 13.7. The number of hydrogen-bond acceptors (Lipinski definition) is 4. The van der Waals surface area contributed by atoms with Crippen LogP contribution < -0.4 is 15.4 Å². The van der Waals surface area contributed by atoms with Crippen LogP contribution in [0, 0.1) is 5.82 Å². The van der Waals surface area contributed by atoms with Crippen molar-refractivity contribution in [3.63, 3.8) is 0 Å². The van der Waals surface area contributed by atoms with Crippen LogP contribution in [0.25, 0.3) is 0 Å². The Morgan fingerprint density at radius 3 is 2.75 bits per heavy atom. The van der Waals surface area contributed by atoms with Crippen LogP contribution in [-0.2, 0) is 4.74 Å². The lowest BCUT2D eigenvalue weighted by Crippen LogP contribution is -2.31. The summed E-state index contributed by atoms with van der Waals surface area (Å²) < 4.78 is 24.5. The third kappa shape index (κ3) is 7.17. The SMILES string of the molecule is CCNC(=NCC(O)c1ccccc1F)Nc1cccc(OCCCOC)c1. The standard InChI is InChI=1S/C21H28FN3O3/c1-3-23-21(24-15-20(26)18-10-4-5-11-19(18)22)25-16-8-6-9-17(14-16)28-13-7-12-27-2/h4-6,8-11,14,20,26H,3,7,12-13,15H2,1-2H3,(H2,23,24,25). The number of nitrogens with zero attached hydrogens (tertiary/aromatic N) is 1. The van der Waals surface area contributed by atoms with Crippen molar-refractivity contribution in [2.45, 2.75) is 19.4 Å². The van der Waals surface area contributed by atoms with E-state index in [1.54, 1.807) is 25.3 Å². The molecule has 0 aliphatic heterocycles. The number of hydrogen-bond donors (Lipinski definition) is 3. The Labute approximate surface area is 165 Å². The summed E-state index contributed by atoms with van der Waals surface area (Å²) in [6.07, 6.45) is -0.210. The zero-order valence-electron chi connectivity index (χ0n) is 16.3. The molecule has 0 aliphatic rings. The number of rotatable bonds is 10. The lowest BCUT2D eigenvalue weighted by molar-refractivity contribution is 0.172. The van der Waals surface area contributed by atoms with Crippen LogP contribution in [0.4, 0.5) is 10.1 Å². The molecule has 28 heavy (non-hydrogen) atoms. The predicted octanol–water partition coefficient (Wildman–Crippen LogP) is 3.35. The average Bonchev–Trinajstić information content (AvgIpc) is 2.70. The molecule has 0 heterocycles. The number of halogens is 1. The van der Waals surface area contributed by atoms with Gasteiger partial charge in [-0.2, -0.15) is 0 Å². The highest BCUT2D eigenvalue weighted by Crippen LogP contribution is 2.19. The van der Waals surface area contributed by atoms with E-state index in [1.807, 2.05) is 31.2 Å². The van der Waals surface area contributed by atoms with Crippen LogP contribution in [0.3, 0.4) is 0 Å². The molecule has 2 aromatic carbocycles. The van der Waals surface area contributed by atoms with E-state index in [0.29, 0.717) is 25.7 Å². The van der Waals surface area contributed by atoms with Gasteiger partial charge < -0.3 is 25.2 Å². The van der Waals surface area contributed by atoms with Crippen LogP contribution >= 0.6 is 0 Å². The highest BCUT2D eigenvalue weighted by Gasteiger charge is 2.12. The third-order valence-electron chi connectivity index (χ3n) is 3.89. The number of ether oxygens (including phenoxy) is 2. The molecule has 152 valence electrons. The summed E-state index contributed by atoms with van der Waals surface area (Å²) in [5.41, 5.74) is 1.03. The minimum absolute atomic E-state index is 0.0312. The fraction of sp³-hybridized carbons (Fsp3) is 0.381. The zero-order valence-corrected chi connectivity index (χ0v) is 16.3. The Hall–Kier alpha value is -2.64. The van der Waals surface area contributed by atoms with E-state index in [9.17, 15) is 9.50 Å². The highest BCUT2D eigenvalue weighted by atomic mass is 19.1. The Kier molecular flexibility index (Phi) is 9.24. The van der Waals surface area contributed by atoms with Gasteiger partial charge in [-0.25, -0.2) is 9.38 Å². The van der Waals surface area contributed by atoms with Gasteiger partial charge in [-0.1, -0.05) is 24.3 Å². The molecule has 1 unspecified atom stereocenters. The van der Waals surface area contributed by atoms with E-state index in [1.165, 1.54) is 6.07 Å². The van der Waals surface area contributed by atoms with E-state index in [-0.39, 0.29) is 12.1 Å². The molecule has 0 bridgehead atoms. The Balaban J connectivity index is 1.99. The number of methoxy groups -OCH3 is 1. The molecule has 2 aromatic rings. The van der Waals surface area contributed by atoms with Gasteiger partial charge in [0.25, 0.3) is 0 Å². The normalized spacial score (nSPS) is 12.5. The Morgan fingerprint density at radius 2 is 2.00 bits per heavy atom. The number of nitrogens with one attached hydrogen (secondary N) is 2. The first-order chi connectivity index (χ1) is 13.6. The second kappa shape index (κ2) is 11.9. The van der Waals surface area contributed by atoms with Crippen molar-refractivity contribution in [2.24, 2.45) is 4.99 Å². The van der Waals surface area contributed by atoms with Gasteiger partial charge in [-0.15, -0.1) is 0 Å². The van der Waals surface area contributed by atoms with Gasteiger partial charge in [0.15, 0.2) is 5.96 Å². The van der Waals surface area contributed by atoms with Crippen LogP contribution in [0.15, 0.2) is 53.5 Å². The highest BCUT2D eigenvalue weighted by molar-refractivity contribution is 5.93. The molecule has 0 saturated carbocycles. The number of guanidine groups is 1. The molecule has 1 atom stereocenters. The monoisotopic (exact) mass is 389 g/mol. The lowest BCUT2D eigenvalue weighted by atomic mass is 10.1. The van der Waals surface area contributed by atoms with Crippen molar-refractivity contribution in [3.8, 4) is 5.75 Å². The molecule has 0 aliphatic carbocycles. The van der Waals surface area contributed by atoms with Gasteiger partial charge in [0, 0.05) is 44.0 Å². The summed E-state index contributed by atoms with van der Waals surface area (Å²) in [4.78, 5) is 4.36. The molecule has 0 fully saturated rings. The van der Waals surface area contributed by atoms with Crippen LogP contribution in [0.1, 0.15) is 25.0 Å². The van der Waals surface area contributed by atoms with Gasteiger partial charge in [0.1, 0.15) is 17.7 Å². The number of aliphatic imine (C=N–C) groups is 1. The Morgan fingerprint density at radius 1 is 1.18 bits per heavy atom. The maximum absolute atomic E-state index is 13.8. The molecular weight excluding hydrogens is 361 g/mol. The first kappa shape index (κ1) is 21.7. The summed E-state index contributed by atoms with van der Waals surface area (Å²) in [5.74, 6) is 0.791. The fourth-order valence-corrected chi connectivity index (χ4v) is 2.52. The molecular formula is C21H28FN3O3. The number of anilines is 1. The minimum atomic E-state index is -1.02. The van der Waals surface area contributed by atoms with E-state index in [0.717, 1.165) is 17.9 Å². The molecule has 0 spiro atoms. The predicted molar refractivity (Wildman–Crippen MR) is 109 cm³/mol. The molecule has 2 rings (SSSR count). The van der Waals surface area contributed by atoms with Gasteiger partial charge in [0.2, 0.25) is 0 Å². The second-order valence-corrected chi connectivity index (χ2v) is 6.10. The smallest absolute Gasteiger partial charge is 0.195 e. The van der Waals surface area contributed by atoms with Gasteiger partial charge in [-0.05, 0) is 25.1 Å². The fourth-order valence-electron chi connectivity index (χ4n) is 2.52. The largest absolute Gasteiger partial charge is 0.493 e. The molecule has 0 radical (unpaired) electrons. The van der Waals surface area contributed by atoms with Gasteiger partial charge in [0.05, 0.1) is 13.2 Å². The first-order valence-corrected chi connectivity index (χ1v) is 9.33. The average molecular weight is 389 g/mol. The van der Waals surface area contributed by atoms with Crippen molar-refractivity contribution in [1.29, 1.82) is 0 Å². The van der Waals surface area contributed by atoms with Crippen molar-refractivity contribution in [1.82, 2.24) is 5.32 Å². The lowest BCUT2D eigenvalue weighted by Gasteiger charge is -2.14. The summed E-state index contributed by atoms with van der Waals surface area (Å²) in [7, 11) is 1.66. The summed E-state index contributed by atoms with van der Waals surface area (Å²) in [5, 5.41) is 16.5. The zero-order chi connectivity index (χ0) is 20.2. The maximum atomic E-state index is 13.8. The summed E-state index contributed by atoms with van der Waals surface area (Å²) in [6.45, 7) is 3.85. The first-order valence-electron chi connectivity index (χ1n) is 9.33. The van der Waals surface area contributed by atoms with Crippen molar-refractivity contribution >= 4 is 11.6 Å². The van der Waals surface area contributed by atoms with Crippen LogP contribution in [0.5, 0.6) is 5.75 Å². The number of aliphatic hydroxyl groups is 1. The maximum Gasteiger partial charge on any atom is 0.195 e. The molecule has 0 aromatic heterocycles. The molecule has 0 saturated heterocycles. The summed E-state index contributed by atoms with van der Waals surface area (Å²) >= 11 is 0. The van der Waals surface area contributed by atoms with E-state index in [4.69, 9.17) is 9.47 Å². The third-order valence-corrected chi connectivity index (χ3v) is 3.89. The van der Waals surface area contributed by atoms with E-state index < -0.39 is 11.9 Å². The van der Waals surface area contributed by atoms with E-state index in [2.05, 4.69) is 15.6 Å². The van der Waals surface area contributed by atoms with Crippen molar-refractivity contribution < 1.29 is 19.0 Å². The quantitative estimate of drug-likeness (QED) is 0.330. The van der Waals surface area contributed by atoms with Crippen molar-refractivity contribution in [2.75, 3.05) is 38.7 Å². The van der Waals surface area contributed by atoms with Crippen LogP contribution in [-0.4, -0.2) is 44.5 Å². The van der Waals surface area contributed by atoms with Gasteiger partial charge in [-0.3, -0.25) is 0 Å². The molecule has 3 N–H and O–H groups in total. The van der Waals surface area contributed by atoms with E-state index >= 15 is 0 Å². The molecule has 0 amide bonds. The molecule has 6 nitrogen and oxygen atoms in total.